The second kappa shape index (κ2) is 6.96. The standard InChI is InChI=1S/C19H26N4O2/c1-19(2,3)12-16-21-17(22-25-16)13-5-4-6-14(11-13)18(24)23-9-7-15(20)8-10-23/h4-6,11,15H,7-10,12,20H2,1-3H3. The van der Waals surface area contributed by atoms with Gasteiger partial charge >= 0.3 is 0 Å². The summed E-state index contributed by atoms with van der Waals surface area (Å²) in [6, 6.07) is 7.63. The van der Waals surface area contributed by atoms with Crippen molar-refractivity contribution in [1.29, 1.82) is 0 Å². The number of rotatable bonds is 3. The highest BCUT2D eigenvalue weighted by Gasteiger charge is 2.22. The zero-order valence-corrected chi connectivity index (χ0v) is 15.2. The third-order valence-electron chi connectivity index (χ3n) is 4.34. The van der Waals surface area contributed by atoms with E-state index < -0.39 is 0 Å². The van der Waals surface area contributed by atoms with Gasteiger partial charge in [0.05, 0.1) is 0 Å². The molecule has 2 aromatic rings. The monoisotopic (exact) mass is 342 g/mol. The number of nitrogens with zero attached hydrogens (tertiary/aromatic N) is 3. The van der Waals surface area contributed by atoms with Gasteiger partial charge in [-0.1, -0.05) is 38.1 Å². The minimum atomic E-state index is 0.0344. The minimum Gasteiger partial charge on any atom is -0.339 e. The second-order valence-electron chi connectivity index (χ2n) is 7.96. The minimum absolute atomic E-state index is 0.0344. The maximum Gasteiger partial charge on any atom is 0.253 e. The van der Waals surface area contributed by atoms with Gasteiger partial charge in [0.25, 0.3) is 5.91 Å². The van der Waals surface area contributed by atoms with E-state index in [1.54, 1.807) is 0 Å². The quantitative estimate of drug-likeness (QED) is 0.927. The lowest BCUT2D eigenvalue weighted by Gasteiger charge is -2.30. The summed E-state index contributed by atoms with van der Waals surface area (Å²) in [5.41, 5.74) is 7.44. The molecule has 1 amide bonds. The average molecular weight is 342 g/mol. The molecule has 1 aromatic heterocycles. The molecule has 1 aliphatic heterocycles. The highest BCUT2D eigenvalue weighted by Crippen LogP contribution is 2.23. The largest absolute Gasteiger partial charge is 0.339 e. The lowest BCUT2D eigenvalue weighted by Crippen LogP contribution is -2.42. The van der Waals surface area contributed by atoms with Crippen molar-refractivity contribution < 1.29 is 9.32 Å². The van der Waals surface area contributed by atoms with Gasteiger partial charge in [0.1, 0.15) is 0 Å². The molecule has 0 aliphatic carbocycles. The molecule has 0 saturated carbocycles. The van der Waals surface area contributed by atoms with Crippen molar-refractivity contribution in [3.8, 4) is 11.4 Å². The molecule has 1 saturated heterocycles. The molecule has 0 atom stereocenters. The molecule has 134 valence electrons. The number of likely N-dealkylation sites (tertiary alicyclic amines) is 1. The highest BCUT2D eigenvalue weighted by atomic mass is 16.5. The fourth-order valence-electron chi connectivity index (χ4n) is 2.97. The van der Waals surface area contributed by atoms with Crippen LogP contribution in [-0.4, -0.2) is 40.1 Å². The second-order valence-corrected chi connectivity index (χ2v) is 7.96. The Morgan fingerprint density at radius 3 is 2.72 bits per heavy atom. The summed E-state index contributed by atoms with van der Waals surface area (Å²) in [7, 11) is 0. The van der Waals surface area contributed by atoms with Gasteiger partial charge in [-0.15, -0.1) is 0 Å². The number of nitrogens with two attached hydrogens (primary N) is 1. The SMILES string of the molecule is CC(C)(C)Cc1nc(-c2cccc(C(=O)N3CCC(N)CC3)c2)no1. The molecule has 1 aliphatic rings. The molecule has 0 bridgehead atoms. The molecule has 6 nitrogen and oxygen atoms in total. The molecule has 2 heterocycles. The van der Waals surface area contributed by atoms with Crippen LogP contribution in [0.1, 0.15) is 49.9 Å². The van der Waals surface area contributed by atoms with Crippen molar-refractivity contribution in [3.05, 3.63) is 35.7 Å². The molecular formula is C19H26N4O2. The van der Waals surface area contributed by atoms with Crippen molar-refractivity contribution in [3.63, 3.8) is 0 Å². The number of hydrogen-bond acceptors (Lipinski definition) is 5. The number of amides is 1. The smallest absolute Gasteiger partial charge is 0.253 e. The Morgan fingerprint density at radius 1 is 1.32 bits per heavy atom. The predicted molar refractivity (Wildman–Crippen MR) is 96.0 cm³/mol. The first-order chi connectivity index (χ1) is 11.8. The number of carbonyl (C=O) groups is 1. The molecule has 1 aromatic carbocycles. The molecule has 6 heteroatoms. The zero-order valence-electron chi connectivity index (χ0n) is 15.2. The molecule has 0 radical (unpaired) electrons. The Hall–Kier alpha value is -2.21. The van der Waals surface area contributed by atoms with Crippen LogP contribution >= 0.6 is 0 Å². The van der Waals surface area contributed by atoms with E-state index in [-0.39, 0.29) is 17.4 Å². The first-order valence-electron chi connectivity index (χ1n) is 8.80. The van der Waals surface area contributed by atoms with Crippen molar-refractivity contribution in [2.24, 2.45) is 11.1 Å². The Balaban J connectivity index is 1.76. The molecule has 25 heavy (non-hydrogen) atoms. The van der Waals surface area contributed by atoms with E-state index in [1.807, 2.05) is 29.2 Å². The molecular weight excluding hydrogens is 316 g/mol. The van der Waals surface area contributed by atoms with E-state index in [4.69, 9.17) is 10.3 Å². The van der Waals surface area contributed by atoms with Crippen LogP contribution in [0.3, 0.4) is 0 Å². The van der Waals surface area contributed by atoms with Gasteiger partial charge in [-0.05, 0) is 30.4 Å². The Bertz CT molecular complexity index is 740. The summed E-state index contributed by atoms with van der Waals surface area (Å²) < 4.78 is 5.35. The molecule has 2 N–H and O–H groups in total. The fourth-order valence-corrected chi connectivity index (χ4v) is 2.97. The van der Waals surface area contributed by atoms with Crippen molar-refractivity contribution in [2.75, 3.05) is 13.1 Å². The van der Waals surface area contributed by atoms with Crippen LogP contribution in [0.5, 0.6) is 0 Å². The van der Waals surface area contributed by atoms with E-state index >= 15 is 0 Å². The van der Waals surface area contributed by atoms with Crippen molar-refractivity contribution in [1.82, 2.24) is 15.0 Å². The Labute approximate surface area is 148 Å². The summed E-state index contributed by atoms with van der Waals surface area (Å²) >= 11 is 0. The summed E-state index contributed by atoms with van der Waals surface area (Å²) in [5.74, 6) is 1.17. The van der Waals surface area contributed by atoms with Crippen molar-refractivity contribution in [2.45, 2.75) is 46.1 Å². The topological polar surface area (TPSA) is 85.2 Å². The highest BCUT2D eigenvalue weighted by molar-refractivity contribution is 5.95. The lowest BCUT2D eigenvalue weighted by molar-refractivity contribution is 0.0715. The number of aromatic nitrogens is 2. The summed E-state index contributed by atoms with van der Waals surface area (Å²) in [5, 5.41) is 4.07. The van der Waals surface area contributed by atoms with Crippen LogP contribution < -0.4 is 5.73 Å². The summed E-state index contributed by atoms with van der Waals surface area (Å²) in [6.07, 6.45) is 2.42. The normalized spacial score (nSPS) is 16.2. The van der Waals surface area contributed by atoms with Gasteiger partial charge in [-0.25, -0.2) is 0 Å². The van der Waals surface area contributed by atoms with Gasteiger partial charge in [0.15, 0.2) is 0 Å². The van der Waals surface area contributed by atoms with Crippen LogP contribution in [-0.2, 0) is 6.42 Å². The molecule has 0 unspecified atom stereocenters. The first-order valence-corrected chi connectivity index (χ1v) is 8.80. The van der Waals surface area contributed by atoms with E-state index in [1.165, 1.54) is 0 Å². The van der Waals surface area contributed by atoms with Crippen LogP contribution in [0.4, 0.5) is 0 Å². The van der Waals surface area contributed by atoms with E-state index in [0.29, 0.717) is 36.8 Å². The summed E-state index contributed by atoms with van der Waals surface area (Å²) in [6.45, 7) is 7.80. The average Bonchev–Trinajstić information content (AvgIpc) is 3.01. The lowest BCUT2D eigenvalue weighted by atomic mass is 9.92. The Kier molecular flexibility index (Phi) is 4.90. The third kappa shape index (κ3) is 4.45. The van der Waals surface area contributed by atoms with Crippen LogP contribution in [0.25, 0.3) is 11.4 Å². The Morgan fingerprint density at radius 2 is 2.04 bits per heavy atom. The predicted octanol–water partition coefficient (Wildman–Crippen LogP) is 2.89. The maximum absolute atomic E-state index is 12.7. The van der Waals surface area contributed by atoms with Gasteiger partial charge in [-0.2, -0.15) is 4.98 Å². The van der Waals surface area contributed by atoms with Crippen LogP contribution in [0.2, 0.25) is 0 Å². The summed E-state index contributed by atoms with van der Waals surface area (Å²) in [4.78, 5) is 19.0. The van der Waals surface area contributed by atoms with E-state index in [0.717, 1.165) is 18.4 Å². The van der Waals surface area contributed by atoms with Crippen LogP contribution in [0.15, 0.2) is 28.8 Å². The van der Waals surface area contributed by atoms with Gasteiger partial charge in [0.2, 0.25) is 11.7 Å². The third-order valence-corrected chi connectivity index (χ3v) is 4.34. The zero-order chi connectivity index (χ0) is 18.0. The van der Waals surface area contributed by atoms with Crippen LogP contribution in [0, 0.1) is 5.41 Å². The number of hydrogen-bond donors (Lipinski definition) is 1. The van der Waals surface area contributed by atoms with Gasteiger partial charge < -0.3 is 15.2 Å². The molecule has 3 rings (SSSR count). The van der Waals surface area contributed by atoms with Gasteiger partial charge in [-0.3, -0.25) is 4.79 Å². The number of piperidine rings is 1. The molecule has 0 spiro atoms. The van der Waals surface area contributed by atoms with E-state index in [9.17, 15) is 4.79 Å². The van der Waals surface area contributed by atoms with E-state index in [2.05, 4.69) is 30.9 Å². The maximum atomic E-state index is 12.7. The first kappa shape index (κ1) is 17.6. The fraction of sp³-hybridized carbons (Fsp3) is 0.526. The number of carbonyl (C=O) groups excluding carboxylic acids is 1. The van der Waals surface area contributed by atoms with Crippen molar-refractivity contribution >= 4 is 5.91 Å². The molecule has 1 fully saturated rings. The number of benzene rings is 1. The van der Waals surface area contributed by atoms with Gasteiger partial charge in [0, 0.05) is 36.7 Å².